The third-order valence-electron chi connectivity index (χ3n) is 4.26. The highest BCUT2D eigenvalue weighted by Gasteiger charge is 2.23. The molecule has 5 heteroatoms. The Bertz CT molecular complexity index is 580. The fraction of sp³-hybridized carbons (Fsp3) is 0.579. The number of carbonyl (C=O) groups excluding carboxylic acids is 2. The van der Waals surface area contributed by atoms with Gasteiger partial charge in [0.05, 0.1) is 0 Å². The standard InChI is InChI=1S/C19H29N3O2/c1-14(2)17(23)22-12-10-21(11-13-22)16-8-6-15(7-9-16)20-18(24)19(3,4)5/h6-9,14H,10-13H2,1-5H3,(H,20,24). The van der Waals surface area contributed by atoms with Crippen LogP contribution in [0, 0.1) is 11.3 Å². The summed E-state index contributed by atoms with van der Waals surface area (Å²) in [6, 6.07) is 7.92. The maximum atomic E-state index is 12.0. The second kappa shape index (κ2) is 7.24. The molecule has 0 aromatic heterocycles. The van der Waals surface area contributed by atoms with Crippen molar-refractivity contribution in [2.45, 2.75) is 34.6 Å². The summed E-state index contributed by atoms with van der Waals surface area (Å²) in [6.45, 7) is 12.8. The van der Waals surface area contributed by atoms with E-state index in [1.165, 1.54) is 0 Å². The third kappa shape index (κ3) is 4.49. The summed E-state index contributed by atoms with van der Waals surface area (Å²) in [6.07, 6.45) is 0. The molecule has 0 bridgehead atoms. The van der Waals surface area contributed by atoms with E-state index in [1.54, 1.807) is 0 Å². The predicted octanol–water partition coefficient (Wildman–Crippen LogP) is 2.98. The van der Waals surface area contributed by atoms with Gasteiger partial charge < -0.3 is 15.1 Å². The monoisotopic (exact) mass is 331 g/mol. The van der Waals surface area contributed by atoms with Crippen molar-refractivity contribution in [3.05, 3.63) is 24.3 Å². The first kappa shape index (κ1) is 18.3. The first-order valence-corrected chi connectivity index (χ1v) is 8.64. The number of hydrogen-bond acceptors (Lipinski definition) is 3. The highest BCUT2D eigenvalue weighted by atomic mass is 16.2. The Hall–Kier alpha value is -2.04. The minimum absolute atomic E-state index is 0.0102. The van der Waals surface area contributed by atoms with E-state index in [-0.39, 0.29) is 17.7 Å². The molecule has 0 atom stereocenters. The van der Waals surface area contributed by atoms with Gasteiger partial charge in [-0.25, -0.2) is 0 Å². The van der Waals surface area contributed by atoms with Gasteiger partial charge >= 0.3 is 0 Å². The second-order valence-corrected chi connectivity index (χ2v) is 7.72. The molecule has 1 aliphatic rings. The number of piperazine rings is 1. The number of amides is 2. The van der Waals surface area contributed by atoms with Crippen molar-refractivity contribution in [2.24, 2.45) is 11.3 Å². The molecular weight excluding hydrogens is 302 g/mol. The number of rotatable bonds is 3. The average molecular weight is 331 g/mol. The Labute approximate surface area is 145 Å². The highest BCUT2D eigenvalue weighted by molar-refractivity contribution is 5.94. The van der Waals surface area contributed by atoms with Gasteiger partial charge in [-0.15, -0.1) is 0 Å². The van der Waals surface area contributed by atoms with E-state index in [2.05, 4.69) is 10.2 Å². The summed E-state index contributed by atoms with van der Waals surface area (Å²) in [5.74, 6) is 0.299. The molecule has 132 valence electrons. The van der Waals surface area contributed by atoms with E-state index in [9.17, 15) is 9.59 Å². The molecule has 1 N–H and O–H groups in total. The lowest BCUT2D eigenvalue weighted by Crippen LogP contribution is -2.49. The zero-order valence-electron chi connectivity index (χ0n) is 15.4. The second-order valence-electron chi connectivity index (χ2n) is 7.72. The summed E-state index contributed by atoms with van der Waals surface area (Å²) in [7, 11) is 0. The maximum Gasteiger partial charge on any atom is 0.229 e. The molecule has 2 rings (SSSR count). The molecule has 0 radical (unpaired) electrons. The number of hydrogen-bond donors (Lipinski definition) is 1. The molecule has 2 amide bonds. The Morgan fingerprint density at radius 3 is 2.00 bits per heavy atom. The van der Waals surface area contributed by atoms with Crippen molar-refractivity contribution < 1.29 is 9.59 Å². The zero-order chi connectivity index (χ0) is 17.9. The molecule has 1 aromatic carbocycles. The van der Waals surface area contributed by atoms with Gasteiger partial charge in [0.25, 0.3) is 0 Å². The third-order valence-corrected chi connectivity index (χ3v) is 4.26. The van der Waals surface area contributed by atoms with Crippen LogP contribution in [0.5, 0.6) is 0 Å². The van der Waals surface area contributed by atoms with Crippen molar-refractivity contribution in [2.75, 3.05) is 36.4 Å². The molecule has 0 aliphatic carbocycles. The van der Waals surface area contributed by atoms with Crippen LogP contribution in [-0.4, -0.2) is 42.9 Å². The zero-order valence-corrected chi connectivity index (χ0v) is 15.4. The fourth-order valence-electron chi connectivity index (χ4n) is 2.62. The largest absolute Gasteiger partial charge is 0.368 e. The number of anilines is 2. The topological polar surface area (TPSA) is 52.7 Å². The summed E-state index contributed by atoms with van der Waals surface area (Å²) in [5, 5.41) is 2.94. The van der Waals surface area contributed by atoms with Crippen LogP contribution in [0.2, 0.25) is 0 Å². The van der Waals surface area contributed by atoms with Crippen LogP contribution in [0.25, 0.3) is 0 Å². The average Bonchev–Trinajstić information content (AvgIpc) is 2.54. The molecule has 1 saturated heterocycles. The van der Waals surface area contributed by atoms with Gasteiger partial charge in [0.15, 0.2) is 0 Å². The first-order valence-electron chi connectivity index (χ1n) is 8.64. The minimum atomic E-state index is -0.405. The lowest BCUT2D eigenvalue weighted by molar-refractivity contribution is -0.134. The minimum Gasteiger partial charge on any atom is -0.368 e. The van der Waals surface area contributed by atoms with E-state index < -0.39 is 5.41 Å². The van der Waals surface area contributed by atoms with Crippen LogP contribution in [0.1, 0.15) is 34.6 Å². The van der Waals surface area contributed by atoms with Gasteiger partial charge in [0.2, 0.25) is 11.8 Å². The van der Waals surface area contributed by atoms with Crippen LogP contribution in [0.3, 0.4) is 0 Å². The van der Waals surface area contributed by atoms with E-state index in [0.717, 1.165) is 37.6 Å². The van der Waals surface area contributed by atoms with Crippen molar-refractivity contribution in [1.82, 2.24) is 4.90 Å². The van der Waals surface area contributed by atoms with Crippen LogP contribution in [-0.2, 0) is 9.59 Å². The fourth-order valence-corrected chi connectivity index (χ4v) is 2.62. The van der Waals surface area contributed by atoms with Crippen LogP contribution < -0.4 is 10.2 Å². The van der Waals surface area contributed by atoms with Gasteiger partial charge in [-0.3, -0.25) is 9.59 Å². The van der Waals surface area contributed by atoms with Crippen molar-refractivity contribution in [1.29, 1.82) is 0 Å². The molecule has 1 heterocycles. The molecule has 0 unspecified atom stereocenters. The quantitative estimate of drug-likeness (QED) is 0.926. The Balaban J connectivity index is 1.93. The highest BCUT2D eigenvalue weighted by Crippen LogP contribution is 2.22. The Morgan fingerprint density at radius 2 is 1.54 bits per heavy atom. The van der Waals surface area contributed by atoms with Crippen LogP contribution >= 0.6 is 0 Å². The van der Waals surface area contributed by atoms with E-state index in [1.807, 2.05) is 63.8 Å². The van der Waals surface area contributed by atoms with Crippen LogP contribution in [0.15, 0.2) is 24.3 Å². The Morgan fingerprint density at radius 1 is 1.00 bits per heavy atom. The van der Waals surface area contributed by atoms with Crippen LogP contribution in [0.4, 0.5) is 11.4 Å². The molecule has 0 saturated carbocycles. The number of nitrogens with zero attached hydrogens (tertiary/aromatic N) is 2. The predicted molar refractivity (Wildman–Crippen MR) is 98.2 cm³/mol. The smallest absolute Gasteiger partial charge is 0.229 e. The Kier molecular flexibility index (Phi) is 5.52. The maximum absolute atomic E-state index is 12.0. The lowest BCUT2D eigenvalue weighted by Gasteiger charge is -2.37. The van der Waals surface area contributed by atoms with E-state index in [0.29, 0.717) is 0 Å². The molecule has 0 spiro atoms. The number of nitrogens with one attached hydrogen (secondary N) is 1. The molecule has 1 aromatic rings. The first-order chi connectivity index (χ1) is 11.2. The number of carbonyl (C=O) groups is 2. The summed E-state index contributed by atoms with van der Waals surface area (Å²) >= 11 is 0. The van der Waals surface area contributed by atoms with Gasteiger partial charge in [0, 0.05) is 48.9 Å². The van der Waals surface area contributed by atoms with Crippen molar-refractivity contribution >= 4 is 23.2 Å². The molecule has 24 heavy (non-hydrogen) atoms. The SMILES string of the molecule is CC(C)C(=O)N1CCN(c2ccc(NC(=O)C(C)(C)C)cc2)CC1. The van der Waals surface area contributed by atoms with E-state index in [4.69, 9.17) is 0 Å². The van der Waals surface area contributed by atoms with Gasteiger partial charge in [-0.1, -0.05) is 34.6 Å². The molecular formula is C19H29N3O2. The lowest BCUT2D eigenvalue weighted by atomic mass is 9.95. The summed E-state index contributed by atoms with van der Waals surface area (Å²) in [5.41, 5.74) is 1.53. The molecule has 1 aliphatic heterocycles. The summed E-state index contributed by atoms with van der Waals surface area (Å²) < 4.78 is 0. The summed E-state index contributed by atoms with van der Waals surface area (Å²) in [4.78, 5) is 28.3. The van der Waals surface area contributed by atoms with Crippen molar-refractivity contribution in [3.8, 4) is 0 Å². The molecule has 5 nitrogen and oxygen atoms in total. The van der Waals surface area contributed by atoms with Gasteiger partial charge in [-0.2, -0.15) is 0 Å². The normalized spacial score (nSPS) is 15.6. The number of benzene rings is 1. The van der Waals surface area contributed by atoms with Gasteiger partial charge in [-0.05, 0) is 24.3 Å². The van der Waals surface area contributed by atoms with Gasteiger partial charge in [0.1, 0.15) is 0 Å². The molecule has 1 fully saturated rings. The van der Waals surface area contributed by atoms with Crippen molar-refractivity contribution in [3.63, 3.8) is 0 Å². The van der Waals surface area contributed by atoms with E-state index >= 15 is 0 Å².